The highest BCUT2D eigenvalue weighted by Gasteiger charge is 2.06. The van der Waals surface area contributed by atoms with Crippen molar-refractivity contribution in [3.05, 3.63) is 46.1 Å². The molecule has 0 bridgehead atoms. The van der Waals surface area contributed by atoms with E-state index in [1.807, 2.05) is 32.3 Å². The summed E-state index contributed by atoms with van der Waals surface area (Å²) in [6.07, 6.45) is 1.65. The summed E-state index contributed by atoms with van der Waals surface area (Å²) >= 11 is 11.8. The lowest BCUT2D eigenvalue weighted by Crippen LogP contribution is -2.01. The number of hydrogen-bond donors (Lipinski definition) is 0. The van der Waals surface area contributed by atoms with E-state index in [9.17, 15) is 0 Å². The second-order valence-corrected chi connectivity index (χ2v) is 4.74. The van der Waals surface area contributed by atoms with Crippen LogP contribution in [0.3, 0.4) is 0 Å². The van der Waals surface area contributed by atoms with Gasteiger partial charge in [-0.3, -0.25) is 0 Å². The molecule has 0 N–H and O–H groups in total. The summed E-state index contributed by atoms with van der Waals surface area (Å²) in [6, 6.07) is 9.10. The Hall–Kier alpha value is -1.45. The number of nitrogens with zero attached hydrogens (tertiary/aromatic N) is 2. The highest BCUT2D eigenvalue weighted by molar-refractivity contribution is 6.42. The number of rotatable bonds is 3. The van der Waals surface area contributed by atoms with Crippen LogP contribution in [-0.4, -0.2) is 25.3 Å². The van der Waals surface area contributed by atoms with Crippen LogP contribution in [-0.2, 0) is 0 Å². The van der Waals surface area contributed by atoms with E-state index in [0.717, 1.165) is 11.3 Å². The van der Waals surface area contributed by atoms with Gasteiger partial charge in [-0.1, -0.05) is 23.2 Å². The van der Waals surface area contributed by atoms with Crippen molar-refractivity contribution >= 4 is 29.4 Å². The molecule has 0 radical (unpaired) electrons. The van der Waals surface area contributed by atoms with Crippen LogP contribution in [0.4, 0.5) is 0 Å². The normalized spacial score (nSPS) is 11.1. The van der Waals surface area contributed by atoms with Crippen molar-refractivity contribution in [1.82, 2.24) is 5.01 Å². The van der Waals surface area contributed by atoms with Gasteiger partial charge in [0.25, 0.3) is 0 Å². The number of halogens is 2. The second kappa shape index (κ2) is 5.46. The Labute approximate surface area is 116 Å². The molecule has 1 heterocycles. The summed E-state index contributed by atoms with van der Waals surface area (Å²) < 4.78 is 5.64. The maximum absolute atomic E-state index is 5.97. The van der Waals surface area contributed by atoms with Crippen LogP contribution in [0.15, 0.2) is 39.9 Å². The predicted octanol–water partition coefficient (Wildman–Crippen LogP) is 4.15. The molecule has 0 saturated carbocycles. The van der Waals surface area contributed by atoms with Crippen LogP contribution in [0.2, 0.25) is 10.0 Å². The lowest BCUT2D eigenvalue weighted by atomic mass is 10.2. The summed E-state index contributed by atoms with van der Waals surface area (Å²) in [5, 5.41) is 6.83. The van der Waals surface area contributed by atoms with Crippen LogP contribution in [0.5, 0.6) is 0 Å². The fourth-order valence-electron chi connectivity index (χ4n) is 1.40. The van der Waals surface area contributed by atoms with Crippen molar-refractivity contribution in [2.45, 2.75) is 0 Å². The Bertz CT molecular complexity index is 576. The quantitative estimate of drug-likeness (QED) is 0.625. The third kappa shape index (κ3) is 3.06. The molecule has 0 unspecified atom stereocenters. The van der Waals surface area contributed by atoms with Crippen molar-refractivity contribution in [3.8, 4) is 11.3 Å². The average molecular weight is 283 g/mol. The van der Waals surface area contributed by atoms with E-state index in [0.29, 0.717) is 15.8 Å². The van der Waals surface area contributed by atoms with E-state index in [-0.39, 0.29) is 0 Å². The maximum atomic E-state index is 5.97. The fraction of sp³-hybridized carbons (Fsp3) is 0.154. The van der Waals surface area contributed by atoms with Crippen molar-refractivity contribution < 1.29 is 4.42 Å². The number of furan rings is 1. The summed E-state index contributed by atoms with van der Waals surface area (Å²) in [7, 11) is 3.69. The van der Waals surface area contributed by atoms with E-state index in [1.54, 1.807) is 23.4 Å². The molecule has 5 heteroatoms. The molecule has 0 aliphatic heterocycles. The molecular formula is C13H12Cl2N2O. The second-order valence-electron chi connectivity index (χ2n) is 3.92. The Kier molecular flexibility index (Phi) is 3.94. The number of hydrogen-bond acceptors (Lipinski definition) is 3. The monoisotopic (exact) mass is 282 g/mol. The van der Waals surface area contributed by atoms with Gasteiger partial charge in [0, 0.05) is 19.7 Å². The summed E-state index contributed by atoms with van der Waals surface area (Å²) in [5.41, 5.74) is 0.883. The molecule has 1 aromatic heterocycles. The van der Waals surface area contributed by atoms with Gasteiger partial charge in [-0.25, -0.2) is 0 Å². The Morgan fingerprint density at radius 2 is 1.89 bits per heavy atom. The fourth-order valence-corrected chi connectivity index (χ4v) is 1.70. The standard InChI is InChI=1S/C13H12Cl2N2O/c1-17(2)16-8-10-4-6-13(18-10)9-3-5-11(14)12(15)7-9/h3-8H,1-2H3/b16-8-. The maximum Gasteiger partial charge on any atom is 0.147 e. The van der Waals surface area contributed by atoms with Crippen molar-refractivity contribution in [1.29, 1.82) is 0 Å². The zero-order valence-electron chi connectivity index (χ0n) is 10.0. The minimum atomic E-state index is 0.508. The molecule has 0 amide bonds. The Balaban J connectivity index is 2.26. The Morgan fingerprint density at radius 1 is 1.11 bits per heavy atom. The van der Waals surface area contributed by atoms with Crippen LogP contribution >= 0.6 is 23.2 Å². The predicted molar refractivity (Wildman–Crippen MR) is 75.4 cm³/mol. The van der Waals surface area contributed by atoms with Crippen molar-refractivity contribution in [2.24, 2.45) is 5.10 Å². The first-order valence-corrected chi connectivity index (χ1v) is 6.08. The molecule has 0 atom stereocenters. The van der Waals surface area contributed by atoms with Gasteiger partial charge in [-0.15, -0.1) is 0 Å². The van der Waals surface area contributed by atoms with Crippen LogP contribution in [0.1, 0.15) is 5.76 Å². The molecule has 2 rings (SSSR count). The lowest BCUT2D eigenvalue weighted by molar-refractivity contribution is 0.438. The summed E-state index contributed by atoms with van der Waals surface area (Å²) in [6.45, 7) is 0. The molecular weight excluding hydrogens is 271 g/mol. The SMILES string of the molecule is CN(C)/N=C\c1ccc(-c2ccc(Cl)c(Cl)c2)o1. The molecule has 3 nitrogen and oxygen atoms in total. The van der Waals surface area contributed by atoms with Crippen LogP contribution in [0.25, 0.3) is 11.3 Å². The molecule has 94 valence electrons. The van der Waals surface area contributed by atoms with Gasteiger partial charge in [0.2, 0.25) is 0 Å². The zero-order valence-corrected chi connectivity index (χ0v) is 11.5. The van der Waals surface area contributed by atoms with Crippen molar-refractivity contribution in [3.63, 3.8) is 0 Å². The Morgan fingerprint density at radius 3 is 2.56 bits per heavy atom. The zero-order chi connectivity index (χ0) is 13.1. The lowest BCUT2D eigenvalue weighted by Gasteiger charge is -2.01. The van der Waals surface area contributed by atoms with Gasteiger partial charge in [0.1, 0.15) is 11.5 Å². The molecule has 0 fully saturated rings. The molecule has 2 aromatic rings. The van der Waals surface area contributed by atoms with Crippen LogP contribution in [0, 0.1) is 0 Å². The first kappa shape index (κ1) is 13.0. The number of benzene rings is 1. The molecule has 0 aliphatic carbocycles. The summed E-state index contributed by atoms with van der Waals surface area (Å²) in [4.78, 5) is 0. The van der Waals surface area contributed by atoms with Gasteiger partial charge in [-0.2, -0.15) is 5.10 Å². The first-order chi connectivity index (χ1) is 8.56. The molecule has 0 spiro atoms. The minimum absolute atomic E-state index is 0.508. The van der Waals surface area contributed by atoms with Gasteiger partial charge in [0.15, 0.2) is 0 Å². The molecule has 1 aromatic carbocycles. The minimum Gasteiger partial charge on any atom is -0.455 e. The van der Waals surface area contributed by atoms with Crippen molar-refractivity contribution in [2.75, 3.05) is 14.1 Å². The molecule has 0 aliphatic rings. The number of hydrazone groups is 1. The topological polar surface area (TPSA) is 28.7 Å². The highest BCUT2D eigenvalue weighted by Crippen LogP contribution is 2.29. The molecule has 0 saturated heterocycles. The van der Waals surface area contributed by atoms with E-state index < -0.39 is 0 Å². The third-order valence-electron chi connectivity index (χ3n) is 2.25. The first-order valence-electron chi connectivity index (χ1n) is 5.33. The summed E-state index contributed by atoms with van der Waals surface area (Å²) in [5.74, 6) is 1.42. The smallest absolute Gasteiger partial charge is 0.147 e. The van der Waals surface area contributed by atoms with E-state index in [2.05, 4.69) is 5.10 Å². The van der Waals surface area contributed by atoms with Gasteiger partial charge < -0.3 is 9.43 Å². The van der Waals surface area contributed by atoms with Gasteiger partial charge in [-0.05, 0) is 30.3 Å². The molecule has 18 heavy (non-hydrogen) atoms. The van der Waals surface area contributed by atoms with E-state index in [4.69, 9.17) is 27.6 Å². The van der Waals surface area contributed by atoms with E-state index in [1.165, 1.54) is 0 Å². The largest absolute Gasteiger partial charge is 0.455 e. The average Bonchev–Trinajstić information content (AvgIpc) is 2.79. The van der Waals surface area contributed by atoms with Crippen LogP contribution < -0.4 is 0 Å². The van der Waals surface area contributed by atoms with Gasteiger partial charge >= 0.3 is 0 Å². The van der Waals surface area contributed by atoms with E-state index >= 15 is 0 Å². The third-order valence-corrected chi connectivity index (χ3v) is 2.99. The highest BCUT2D eigenvalue weighted by atomic mass is 35.5. The van der Waals surface area contributed by atoms with Gasteiger partial charge in [0.05, 0.1) is 16.3 Å².